The average molecular weight is 265 g/mol. The smallest absolute Gasteiger partial charge is 0.225 e. The summed E-state index contributed by atoms with van der Waals surface area (Å²) in [4.78, 5) is 15.8. The summed E-state index contributed by atoms with van der Waals surface area (Å²) in [6.07, 6.45) is 1.66. The standard InChI is InChI=1S/C12H13ClN4O/c1-8(12-14-7-15-17-12)16-11(18)6-9-4-2-3-5-10(9)13/h2-5,7-8H,6H2,1H3,(H,16,18)(H,14,15,17). The van der Waals surface area contributed by atoms with Crippen LogP contribution in [0.2, 0.25) is 5.02 Å². The molecular weight excluding hydrogens is 252 g/mol. The molecule has 0 aliphatic rings. The van der Waals surface area contributed by atoms with E-state index >= 15 is 0 Å². The molecule has 6 heteroatoms. The van der Waals surface area contributed by atoms with Gasteiger partial charge in [0.15, 0.2) is 0 Å². The number of carbonyl (C=O) groups excluding carboxylic acids is 1. The van der Waals surface area contributed by atoms with Gasteiger partial charge >= 0.3 is 0 Å². The number of rotatable bonds is 4. The van der Waals surface area contributed by atoms with E-state index in [0.717, 1.165) is 5.56 Å². The molecule has 0 saturated heterocycles. The van der Waals surface area contributed by atoms with Gasteiger partial charge in [-0.25, -0.2) is 4.98 Å². The van der Waals surface area contributed by atoms with Gasteiger partial charge < -0.3 is 5.32 Å². The molecule has 18 heavy (non-hydrogen) atoms. The second-order valence-electron chi connectivity index (χ2n) is 3.93. The van der Waals surface area contributed by atoms with Crippen molar-refractivity contribution in [2.75, 3.05) is 0 Å². The molecule has 1 unspecified atom stereocenters. The van der Waals surface area contributed by atoms with Crippen LogP contribution in [0.3, 0.4) is 0 Å². The van der Waals surface area contributed by atoms with Gasteiger partial charge in [-0.05, 0) is 18.6 Å². The number of nitrogens with one attached hydrogen (secondary N) is 2. The third kappa shape index (κ3) is 3.07. The molecule has 1 aromatic heterocycles. The largest absolute Gasteiger partial charge is 0.346 e. The molecule has 1 heterocycles. The van der Waals surface area contributed by atoms with E-state index < -0.39 is 0 Å². The van der Waals surface area contributed by atoms with Crippen LogP contribution in [0.25, 0.3) is 0 Å². The lowest BCUT2D eigenvalue weighted by Gasteiger charge is -2.11. The predicted octanol–water partition coefficient (Wildman–Crippen LogP) is 1.88. The zero-order valence-corrected chi connectivity index (χ0v) is 10.6. The van der Waals surface area contributed by atoms with Gasteiger partial charge in [-0.15, -0.1) is 0 Å². The Balaban J connectivity index is 1.95. The lowest BCUT2D eigenvalue weighted by Crippen LogP contribution is -2.28. The second kappa shape index (κ2) is 5.64. The van der Waals surface area contributed by atoms with Crippen molar-refractivity contribution in [3.8, 4) is 0 Å². The van der Waals surface area contributed by atoms with Crippen LogP contribution >= 0.6 is 11.6 Å². The Kier molecular flexibility index (Phi) is 3.94. The van der Waals surface area contributed by atoms with Crippen LogP contribution < -0.4 is 5.32 Å². The first-order chi connectivity index (χ1) is 8.66. The number of halogens is 1. The maximum atomic E-state index is 11.8. The third-order valence-electron chi connectivity index (χ3n) is 2.53. The number of amides is 1. The summed E-state index contributed by atoms with van der Waals surface area (Å²) in [6.45, 7) is 1.84. The van der Waals surface area contributed by atoms with E-state index in [4.69, 9.17) is 11.6 Å². The number of aromatic amines is 1. The van der Waals surface area contributed by atoms with E-state index in [0.29, 0.717) is 10.8 Å². The summed E-state index contributed by atoms with van der Waals surface area (Å²) in [5, 5.41) is 9.88. The van der Waals surface area contributed by atoms with Crippen LogP contribution in [0.15, 0.2) is 30.6 Å². The van der Waals surface area contributed by atoms with Gasteiger partial charge in [-0.3, -0.25) is 9.89 Å². The summed E-state index contributed by atoms with van der Waals surface area (Å²) in [5.41, 5.74) is 0.807. The van der Waals surface area contributed by atoms with E-state index in [-0.39, 0.29) is 18.4 Å². The first kappa shape index (κ1) is 12.6. The van der Waals surface area contributed by atoms with Crippen molar-refractivity contribution in [2.24, 2.45) is 0 Å². The number of carbonyl (C=O) groups is 1. The summed E-state index contributed by atoms with van der Waals surface area (Å²) in [6, 6.07) is 7.09. The van der Waals surface area contributed by atoms with Gasteiger partial charge in [0.2, 0.25) is 5.91 Å². The molecule has 5 nitrogen and oxygen atoms in total. The molecule has 2 aromatic rings. The summed E-state index contributed by atoms with van der Waals surface area (Å²) in [7, 11) is 0. The summed E-state index contributed by atoms with van der Waals surface area (Å²) in [5.74, 6) is 0.523. The average Bonchev–Trinajstić information content (AvgIpc) is 2.85. The Morgan fingerprint density at radius 2 is 2.28 bits per heavy atom. The molecule has 0 bridgehead atoms. The van der Waals surface area contributed by atoms with Crippen molar-refractivity contribution in [1.82, 2.24) is 20.5 Å². The number of aromatic nitrogens is 3. The van der Waals surface area contributed by atoms with Crippen molar-refractivity contribution < 1.29 is 4.79 Å². The topological polar surface area (TPSA) is 70.7 Å². The molecule has 0 radical (unpaired) electrons. The maximum Gasteiger partial charge on any atom is 0.225 e. The zero-order valence-electron chi connectivity index (χ0n) is 9.85. The first-order valence-corrected chi connectivity index (χ1v) is 5.92. The van der Waals surface area contributed by atoms with Gasteiger partial charge in [0.1, 0.15) is 12.2 Å². The number of nitrogens with zero attached hydrogens (tertiary/aromatic N) is 2. The number of benzene rings is 1. The molecule has 2 rings (SSSR count). The molecule has 1 amide bonds. The van der Waals surface area contributed by atoms with Crippen LogP contribution in [0, 0.1) is 0 Å². The highest BCUT2D eigenvalue weighted by Gasteiger charge is 2.13. The molecule has 0 aliphatic carbocycles. The Hall–Kier alpha value is -1.88. The second-order valence-corrected chi connectivity index (χ2v) is 4.34. The highest BCUT2D eigenvalue weighted by molar-refractivity contribution is 6.31. The van der Waals surface area contributed by atoms with Crippen molar-refractivity contribution in [1.29, 1.82) is 0 Å². The fourth-order valence-corrected chi connectivity index (χ4v) is 1.80. The molecule has 94 valence electrons. The monoisotopic (exact) mass is 264 g/mol. The van der Waals surface area contributed by atoms with Crippen molar-refractivity contribution in [3.63, 3.8) is 0 Å². The van der Waals surface area contributed by atoms with Gasteiger partial charge in [0.25, 0.3) is 0 Å². The maximum absolute atomic E-state index is 11.8. The normalized spacial score (nSPS) is 12.1. The number of hydrogen-bond acceptors (Lipinski definition) is 3. The van der Waals surface area contributed by atoms with Crippen LogP contribution in [0.4, 0.5) is 0 Å². The molecule has 0 saturated carbocycles. The molecule has 0 aliphatic heterocycles. The van der Waals surface area contributed by atoms with E-state index in [1.54, 1.807) is 6.07 Å². The first-order valence-electron chi connectivity index (χ1n) is 5.55. The highest BCUT2D eigenvalue weighted by Crippen LogP contribution is 2.15. The van der Waals surface area contributed by atoms with E-state index in [9.17, 15) is 4.79 Å². The zero-order chi connectivity index (χ0) is 13.0. The van der Waals surface area contributed by atoms with Gasteiger partial charge in [0, 0.05) is 5.02 Å². The molecule has 2 N–H and O–H groups in total. The van der Waals surface area contributed by atoms with Crippen LogP contribution in [-0.2, 0) is 11.2 Å². The minimum Gasteiger partial charge on any atom is -0.346 e. The minimum atomic E-state index is -0.206. The quantitative estimate of drug-likeness (QED) is 0.886. The van der Waals surface area contributed by atoms with Crippen LogP contribution in [-0.4, -0.2) is 21.1 Å². The summed E-state index contributed by atoms with van der Waals surface area (Å²) >= 11 is 6.00. The van der Waals surface area contributed by atoms with Crippen molar-refractivity contribution in [3.05, 3.63) is 47.0 Å². The fourth-order valence-electron chi connectivity index (χ4n) is 1.60. The molecule has 1 aromatic carbocycles. The SMILES string of the molecule is CC(NC(=O)Cc1ccccc1Cl)c1ncn[nH]1. The van der Waals surface area contributed by atoms with E-state index in [1.165, 1.54) is 6.33 Å². The van der Waals surface area contributed by atoms with E-state index in [2.05, 4.69) is 20.5 Å². The van der Waals surface area contributed by atoms with Gasteiger partial charge in [-0.2, -0.15) is 5.10 Å². The Morgan fingerprint density at radius 3 is 2.94 bits per heavy atom. The van der Waals surface area contributed by atoms with Crippen LogP contribution in [0.5, 0.6) is 0 Å². The third-order valence-corrected chi connectivity index (χ3v) is 2.90. The van der Waals surface area contributed by atoms with Crippen LogP contribution in [0.1, 0.15) is 24.4 Å². The highest BCUT2D eigenvalue weighted by atomic mass is 35.5. The van der Waals surface area contributed by atoms with Gasteiger partial charge in [-0.1, -0.05) is 29.8 Å². The Morgan fingerprint density at radius 1 is 1.50 bits per heavy atom. The lowest BCUT2D eigenvalue weighted by atomic mass is 10.1. The molecule has 1 atom stereocenters. The summed E-state index contributed by atoms with van der Waals surface area (Å²) < 4.78 is 0. The Labute approximate surface area is 110 Å². The molecule has 0 spiro atoms. The van der Waals surface area contributed by atoms with Crippen molar-refractivity contribution in [2.45, 2.75) is 19.4 Å². The predicted molar refractivity (Wildman–Crippen MR) is 68.1 cm³/mol. The molecule has 0 fully saturated rings. The minimum absolute atomic E-state index is 0.105. The number of H-pyrrole nitrogens is 1. The van der Waals surface area contributed by atoms with Gasteiger partial charge in [0.05, 0.1) is 12.5 Å². The van der Waals surface area contributed by atoms with E-state index in [1.807, 2.05) is 25.1 Å². The number of hydrogen-bond donors (Lipinski definition) is 2. The van der Waals surface area contributed by atoms with Crippen molar-refractivity contribution >= 4 is 17.5 Å². The fraction of sp³-hybridized carbons (Fsp3) is 0.250. The lowest BCUT2D eigenvalue weighted by molar-refractivity contribution is -0.121. The molecular formula is C12H13ClN4O. The Bertz CT molecular complexity index is 527.